The van der Waals surface area contributed by atoms with Gasteiger partial charge in [-0.1, -0.05) is 0 Å². The average molecular weight is 312 g/mol. The van der Waals surface area contributed by atoms with Gasteiger partial charge in [0.25, 0.3) is 0 Å². The molecule has 1 aliphatic heterocycles. The summed E-state index contributed by atoms with van der Waals surface area (Å²) >= 11 is 0. The maximum Gasteiger partial charge on any atom is 0.237 e. The number of hydrogen-bond donors (Lipinski definition) is 1. The van der Waals surface area contributed by atoms with Gasteiger partial charge in [0.1, 0.15) is 6.04 Å². The summed E-state index contributed by atoms with van der Waals surface area (Å²) in [7, 11) is 0. The van der Waals surface area contributed by atoms with Gasteiger partial charge in [-0.05, 0) is 62.2 Å². The van der Waals surface area contributed by atoms with E-state index in [0.717, 1.165) is 38.6 Å². The zero-order valence-electron chi connectivity index (χ0n) is 13.5. The number of carbonyl (C=O) groups excluding carboxylic acids is 1. The van der Waals surface area contributed by atoms with Crippen molar-refractivity contribution in [3.8, 4) is 12.1 Å². The van der Waals surface area contributed by atoms with Crippen LogP contribution in [0.15, 0.2) is 0 Å². The molecule has 1 amide bonds. The molecule has 23 heavy (non-hydrogen) atoms. The van der Waals surface area contributed by atoms with Crippen LogP contribution in [0.5, 0.6) is 0 Å². The second kappa shape index (κ2) is 5.49. The summed E-state index contributed by atoms with van der Waals surface area (Å²) in [6.45, 7) is 1.09. The van der Waals surface area contributed by atoms with E-state index in [-0.39, 0.29) is 17.9 Å². The summed E-state index contributed by atoms with van der Waals surface area (Å²) in [5.74, 6) is 1.70. The van der Waals surface area contributed by atoms with E-state index in [2.05, 4.69) is 17.5 Å². The Morgan fingerprint density at radius 1 is 1.22 bits per heavy atom. The van der Waals surface area contributed by atoms with Gasteiger partial charge < -0.3 is 10.2 Å². The van der Waals surface area contributed by atoms with Gasteiger partial charge in [-0.15, -0.1) is 0 Å². The highest BCUT2D eigenvalue weighted by atomic mass is 16.2. The third-order valence-electron chi connectivity index (χ3n) is 6.90. The summed E-state index contributed by atoms with van der Waals surface area (Å²) in [6, 6.07) is 4.91. The summed E-state index contributed by atoms with van der Waals surface area (Å²) in [5.41, 5.74) is 0.371. The molecule has 0 aromatic carbocycles. The highest BCUT2D eigenvalue weighted by Crippen LogP contribution is 2.68. The summed E-state index contributed by atoms with van der Waals surface area (Å²) in [4.78, 5) is 14.2. The Bertz CT molecular complexity index is 585. The number of amides is 1. The van der Waals surface area contributed by atoms with Crippen LogP contribution < -0.4 is 5.32 Å². The predicted octanol–water partition coefficient (Wildman–Crippen LogP) is 1.81. The molecule has 0 aromatic rings. The van der Waals surface area contributed by atoms with Gasteiger partial charge in [-0.2, -0.15) is 10.5 Å². The molecule has 0 aromatic heterocycles. The second-order valence-electron chi connectivity index (χ2n) is 7.94. The lowest BCUT2D eigenvalue weighted by Gasteiger charge is -2.26. The Morgan fingerprint density at radius 2 is 2.04 bits per heavy atom. The van der Waals surface area contributed by atoms with Gasteiger partial charge in [0.2, 0.25) is 5.91 Å². The fourth-order valence-electron chi connectivity index (χ4n) is 5.65. The molecule has 122 valence electrons. The molecule has 1 heterocycles. The molecule has 3 aliphatic carbocycles. The van der Waals surface area contributed by atoms with Crippen molar-refractivity contribution in [1.29, 1.82) is 10.5 Å². The Kier molecular flexibility index (Phi) is 3.58. The number of nitrogens with zero attached hydrogens (tertiary/aromatic N) is 3. The van der Waals surface area contributed by atoms with E-state index in [9.17, 15) is 10.1 Å². The van der Waals surface area contributed by atoms with E-state index in [4.69, 9.17) is 5.26 Å². The molecule has 1 unspecified atom stereocenters. The zero-order valence-corrected chi connectivity index (χ0v) is 13.5. The number of nitriles is 2. The van der Waals surface area contributed by atoms with E-state index in [1.165, 1.54) is 12.8 Å². The molecule has 5 heteroatoms. The summed E-state index contributed by atoms with van der Waals surface area (Å²) in [5, 5.41) is 21.8. The largest absolute Gasteiger partial charge is 0.326 e. The first-order valence-corrected chi connectivity index (χ1v) is 9.00. The highest BCUT2D eigenvalue weighted by Gasteiger charge is 2.63. The van der Waals surface area contributed by atoms with Crippen LogP contribution in [0.3, 0.4) is 0 Å². The zero-order chi connectivity index (χ0) is 16.0. The molecule has 1 saturated heterocycles. The Morgan fingerprint density at radius 3 is 2.74 bits per heavy atom. The average Bonchev–Trinajstić information content (AvgIpc) is 2.95. The molecule has 0 bridgehead atoms. The molecular formula is C18H24N4O. The lowest BCUT2D eigenvalue weighted by atomic mass is 9.86. The number of fused-ring (bicyclic) bond motifs is 2. The fourth-order valence-corrected chi connectivity index (χ4v) is 5.65. The Balaban J connectivity index is 1.35. The van der Waals surface area contributed by atoms with Crippen LogP contribution in [-0.2, 0) is 4.79 Å². The topological polar surface area (TPSA) is 79.9 Å². The van der Waals surface area contributed by atoms with Crippen molar-refractivity contribution in [2.45, 2.75) is 57.0 Å². The molecule has 4 fully saturated rings. The molecule has 3 saturated carbocycles. The van der Waals surface area contributed by atoms with Crippen molar-refractivity contribution in [2.75, 3.05) is 13.1 Å². The van der Waals surface area contributed by atoms with Crippen molar-refractivity contribution >= 4 is 5.91 Å². The van der Waals surface area contributed by atoms with Crippen LogP contribution in [0.4, 0.5) is 0 Å². The van der Waals surface area contributed by atoms with Crippen molar-refractivity contribution in [3.05, 3.63) is 0 Å². The van der Waals surface area contributed by atoms with E-state index in [1.807, 2.05) is 0 Å². The minimum atomic E-state index is -0.224. The Labute approximate surface area is 137 Å². The van der Waals surface area contributed by atoms with E-state index >= 15 is 0 Å². The van der Waals surface area contributed by atoms with Gasteiger partial charge in [0.15, 0.2) is 0 Å². The molecule has 1 N–H and O–H groups in total. The predicted molar refractivity (Wildman–Crippen MR) is 83.7 cm³/mol. The van der Waals surface area contributed by atoms with Crippen molar-refractivity contribution in [2.24, 2.45) is 23.2 Å². The summed E-state index contributed by atoms with van der Waals surface area (Å²) in [6.07, 6.45) is 7.50. The molecule has 0 radical (unpaired) electrons. The van der Waals surface area contributed by atoms with Crippen LogP contribution in [0, 0.1) is 45.8 Å². The standard InChI is InChI=1S/C18H24N4O/c19-9-12-6-13-8-16(18(3-4-18)15(13)7-12)21-11-17(23)22-5-1-2-14(22)10-20/h12-16,21H,1-8,11H2/t12?,13-,14+,15-,16-/m1/s1. The minimum Gasteiger partial charge on any atom is -0.326 e. The van der Waals surface area contributed by atoms with Crippen LogP contribution in [0.25, 0.3) is 0 Å². The second-order valence-corrected chi connectivity index (χ2v) is 7.94. The third kappa shape index (κ3) is 2.34. The Hall–Kier alpha value is -1.59. The van der Waals surface area contributed by atoms with Gasteiger partial charge in [0.05, 0.1) is 18.7 Å². The lowest BCUT2D eigenvalue weighted by Crippen LogP contribution is -2.45. The van der Waals surface area contributed by atoms with Gasteiger partial charge in [-0.3, -0.25) is 4.79 Å². The van der Waals surface area contributed by atoms with Gasteiger partial charge >= 0.3 is 0 Å². The van der Waals surface area contributed by atoms with Gasteiger partial charge in [0, 0.05) is 18.5 Å². The molecule has 1 spiro atoms. The number of carbonyl (C=O) groups is 1. The van der Waals surface area contributed by atoms with Crippen LogP contribution >= 0.6 is 0 Å². The van der Waals surface area contributed by atoms with E-state index in [1.54, 1.807) is 4.90 Å². The maximum absolute atomic E-state index is 12.4. The van der Waals surface area contributed by atoms with Gasteiger partial charge in [-0.25, -0.2) is 0 Å². The van der Waals surface area contributed by atoms with Crippen LogP contribution in [0.2, 0.25) is 0 Å². The van der Waals surface area contributed by atoms with Crippen LogP contribution in [-0.4, -0.2) is 36.0 Å². The fraction of sp³-hybridized carbons (Fsp3) is 0.833. The van der Waals surface area contributed by atoms with E-state index in [0.29, 0.717) is 29.8 Å². The number of hydrogen-bond acceptors (Lipinski definition) is 4. The lowest BCUT2D eigenvalue weighted by molar-refractivity contribution is -0.130. The first kappa shape index (κ1) is 15.0. The number of rotatable bonds is 3. The SMILES string of the molecule is N#CC1C[C@@H]2C[C@@H](NCC(=O)N3CCC[C@H]3C#N)C3(CC3)[C@@H]2C1. The monoisotopic (exact) mass is 312 g/mol. The first-order valence-electron chi connectivity index (χ1n) is 9.00. The quantitative estimate of drug-likeness (QED) is 0.862. The number of nitrogens with one attached hydrogen (secondary N) is 1. The minimum absolute atomic E-state index is 0.0804. The van der Waals surface area contributed by atoms with Crippen molar-refractivity contribution in [3.63, 3.8) is 0 Å². The molecule has 5 nitrogen and oxygen atoms in total. The molecular weight excluding hydrogens is 288 g/mol. The van der Waals surface area contributed by atoms with Crippen LogP contribution in [0.1, 0.15) is 44.9 Å². The summed E-state index contributed by atoms with van der Waals surface area (Å²) < 4.78 is 0. The number of likely N-dealkylation sites (tertiary alicyclic amines) is 1. The van der Waals surface area contributed by atoms with Crippen molar-refractivity contribution < 1.29 is 4.79 Å². The van der Waals surface area contributed by atoms with Crippen molar-refractivity contribution in [1.82, 2.24) is 10.2 Å². The molecule has 5 atom stereocenters. The van der Waals surface area contributed by atoms with E-state index < -0.39 is 0 Å². The highest BCUT2D eigenvalue weighted by molar-refractivity contribution is 5.79. The third-order valence-corrected chi connectivity index (χ3v) is 6.90. The maximum atomic E-state index is 12.4. The molecule has 4 rings (SSSR count). The smallest absolute Gasteiger partial charge is 0.237 e. The molecule has 4 aliphatic rings. The first-order chi connectivity index (χ1) is 11.2. The normalized spacial score (nSPS) is 39.9.